The number of ether oxygens (including phenoxy) is 1. The van der Waals surface area contributed by atoms with Crippen LogP contribution in [0.5, 0.6) is 0 Å². The number of likely N-dealkylation sites (tertiary alicyclic amines) is 1. The van der Waals surface area contributed by atoms with Gasteiger partial charge in [-0.25, -0.2) is 0 Å². The van der Waals surface area contributed by atoms with Gasteiger partial charge in [0.1, 0.15) is 5.54 Å². The highest BCUT2D eigenvalue weighted by molar-refractivity contribution is 5.80. The third kappa shape index (κ3) is 4.19. The Morgan fingerprint density at radius 1 is 1.45 bits per heavy atom. The molecular formula is C16H32N2O2. The van der Waals surface area contributed by atoms with E-state index >= 15 is 0 Å². The van der Waals surface area contributed by atoms with E-state index in [0.717, 1.165) is 13.0 Å². The second-order valence-electron chi connectivity index (χ2n) is 6.60. The summed E-state index contributed by atoms with van der Waals surface area (Å²) in [5, 5.41) is 3.38. The van der Waals surface area contributed by atoms with Gasteiger partial charge in [0.05, 0.1) is 7.11 Å². The first-order chi connectivity index (χ1) is 9.34. The molecule has 3 unspecified atom stereocenters. The molecule has 1 heterocycles. The van der Waals surface area contributed by atoms with Crippen LogP contribution in [0, 0.1) is 0 Å². The van der Waals surface area contributed by atoms with E-state index in [-0.39, 0.29) is 12.0 Å². The largest absolute Gasteiger partial charge is 0.468 e. The van der Waals surface area contributed by atoms with Gasteiger partial charge in [-0.3, -0.25) is 15.0 Å². The molecule has 1 saturated heterocycles. The van der Waals surface area contributed by atoms with E-state index in [1.165, 1.54) is 26.4 Å². The molecule has 0 aromatic heterocycles. The van der Waals surface area contributed by atoms with E-state index in [1.807, 2.05) is 6.92 Å². The smallest absolute Gasteiger partial charge is 0.325 e. The number of nitrogens with one attached hydrogen (secondary N) is 1. The van der Waals surface area contributed by atoms with Gasteiger partial charge >= 0.3 is 5.97 Å². The predicted molar refractivity (Wildman–Crippen MR) is 82.8 cm³/mol. The van der Waals surface area contributed by atoms with Gasteiger partial charge in [0.15, 0.2) is 0 Å². The first-order valence-corrected chi connectivity index (χ1v) is 7.96. The Hall–Kier alpha value is -0.610. The van der Waals surface area contributed by atoms with Gasteiger partial charge in [-0.05, 0) is 53.4 Å². The molecule has 0 aliphatic carbocycles. The molecule has 20 heavy (non-hydrogen) atoms. The van der Waals surface area contributed by atoms with Crippen LogP contribution in [0.3, 0.4) is 0 Å². The third-order valence-corrected chi connectivity index (χ3v) is 4.54. The fourth-order valence-corrected chi connectivity index (χ4v) is 3.41. The molecule has 0 aromatic carbocycles. The summed E-state index contributed by atoms with van der Waals surface area (Å²) in [5.74, 6) is -0.161. The minimum Gasteiger partial charge on any atom is -0.468 e. The summed E-state index contributed by atoms with van der Waals surface area (Å²) in [7, 11) is 1.47. The average Bonchev–Trinajstić information content (AvgIpc) is 2.75. The molecule has 0 amide bonds. The van der Waals surface area contributed by atoms with Crippen molar-refractivity contribution in [1.82, 2.24) is 10.2 Å². The summed E-state index contributed by atoms with van der Waals surface area (Å²) < 4.78 is 4.99. The number of nitrogens with zero attached hydrogens (tertiary/aromatic N) is 1. The zero-order valence-electron chi connectivity index (χ0n) is 14.0. The van der Waals surface area contributed by atoms with Crippen LogP contribution in [0.1, 0.15) is 60.3 Å². The van der Waals surface area contributed by atoms with Crippen LogP contribution in [-0.2, 0) is 9.53 Å². The van der Waals surface area contributed by atoms with Crippen LogP contribution >= 0.6 is 0 Å². The molecule has 3 atom stereocenters. The van der Waals surface area contributed by atoms with Gasteiger partial charge in [0, 0.05) is 24.7 Å². The van der Waals surface area contributed by atoms with Gasteiger partial charge in [0.2, 0.25) is 0 Å². The lowest BCUT2D eigenvalue weighted by Crippen LogP contribution is -2.55. The lowest BCUT2D eigenvalue weighted by Gasteiger charge is -2.34. The van der Waals surface area contributed by atoms with Crippen molar-refractivity contribution in [2.45, 2.75) is 84.0 Å². The van der Waals surface area contributed by atoms with Gasteiger partial charge in [-0.2, -0.15) is 0 Å². The van der Waals surface area contributed by atoms with Crippen molar-refractivity contribution in [3.8, 4) is 0 Å². The molecule has 1 N–H and O–H groups in total. The molecule has 1 fully saturated rings. The number of rotatable bonds is 7. The zero-order valence-corrected chi connectivity index (χ0v) is 14.0. The minimum atomic E-state index is -0.594. The van der Waals surface area contributed by atoms with E-state index < -0.39 is 5.54 Å². The minimum absolute atomic E-state index is 0.161. The molecule has 4 heteroatoms. The number of methoxy groups -OCH3 is 1. The lowest BCUT2D eigenvalue weighted by atomic mass is 9.96. The first kappa shape index (κ1) is 17.4. The van der Waals surface area contributed by atoms with Gasteiger partial charge in [-0.15, -0.1) is 0 Å². The Bertz CT molecular complexity index is 320. The highest BCUT2D eigenvalue weighted by Crippen LogP contribution is 2.27. The van der Waals surface area contributed by atoms with Crippen LogP contribution in [0.25, 0.3) is 0 Å². The Morgan fingerprint density at radius 3 is 2.60 bits per heavy atom. The maximum atomic E-state index is 12.1. The Kier molecular flexibility index (Phi) is 6.46. The lowest BCUT2D eigenvalue weighted by molar-refractivity contribution is -0.148. The molecule has 4 nitrogen and oxygen atoms in total. The third-order valence-electron chi connectivity index (χ3n) is 4.54. The molecule has 1 aliphatic heterocycles. The SMILES string of the molecule is CCC1CCC(C)N1CCC(C)(NC(C)C)C(=O)OC. The summed E-state index contributed by atoms with van der Waals surface area (Å²) in [6.45, 7) is 11.6. The second-order valence-corrected chi connectivity index (χ2v) is 6.60. The van der Waals surface area contributed by atoms with Gasteiger partial charge in [0.25, 0.3) is 0 Å². The van der Waals surface area contributed by atoms with Crippen molar-refractivity contribution in [3.63, 3.8) is 0 Å². The van der Waals surface area contributed by atoms with E-state index in [9.17, 15) is 4.79 Å². The van der Waals surface area contributed by atoms with Crippen LogP contribution in [-0.4, -0.2) is 48.2 Å². The Morgan fingerprint density at radius 2 is 2.10 bits per heavy atom. The van der Waals surface area contributed by atoms with Crippen molar-refractivity contribution in [2.75, 3.05) is 13.7 Å². The van der Waals surface area contributed by atoms with Crippen molar-refractivity contribution >= 4 is 5.97 Å². The summed E-state index contributed by atoms with van der Waals surface area (Å²) in [5.41, 5.74) is -0.594. The van der Waals surface area contributed by atoms with Crippen LogP contribution in [0.15, 0.2) is 0 Å². The fourth-order valence-electron chi connectivity index (χ4n) is 3.41. The van der Waals surface area contributed by atoms with Crippen molar-refractivity contribution in [1.29, 1.82) is 0 Å². The molecule has 0 aromatic rings. The van der Waals surface area contributed by atoms with E-state index in [2.05, 4.69) is 37.9 Å². The molecular weight excluding hydrogens is 252 g/mol. The zero-order chi connectivity index (χ0) is 15.3. The maximum Gasteiger partial charge on any atom is 0.325 e. The Balaban J connectivity index is 2.68. The second kappa shape index (κ2) is 7.41. The number of carbonyl (C=O) groups excluding carboxylic acids is 1. The quantitative estimate of drug-likeness (QED) is 0.730. The number of hydrogen-bond acceptors (Lipinski definition) is 4. The average molecular weight is 284 g/mol. The number of carbonyl (C=O) groups is 1. The topological polar surface area (TPSA) is 41.6 Å². The standard InChI is InChI=1S/C16H32N2O2/c1-7-14-9-8-13(4)18(14)11-10-16(5,15(19)20-6)17-12(2)3/h12-14,17H,7-11H2,1-6H3. The van der Waals surface area contributed by atoms with Crippen LogP contribution in [0.2, 0.25) is 0 Å². The normalized spacial score (nSPS) is 26.8. The number of hydrogen-bond donors (Lipinski definition) is 1. The van der Waals surface area contributed by atoms with Gasteiger partial charge < -0.3 is 4.74 Å². The molecule has 0 bridgehead atoms. The molecule has 1 rings (SSSR count). The van der Waals surface area contributed by atoms with Crippen LogP contribution in [0.4, 0.5) is 0 Å². The number of esters is 1. The highest BCUT2D eigenvalue weighted by Gasteiger charge is 2.37. The molecule has 0 saturated carbocycles. The van der Waals surface area contributed by atoms with Gasteiger partial charge in [-0.1, -0.05) is 6.92 Å². The van der Waals surface area contributed by atoms with Crippen molar-refractivity contribution < 1.29 is 9.53 Å². The highest BCUT2D eigenvalue weighted by atomic mass is 16.5. The first-order valence-electron chi connectivity index (χ1n) is 7.96. The van der Waals surface area contributed by atoms with Crippen LogP contribution < -0.4 is 5.32 Å². The van der Waals surface area contributed by atoms with Crippen molar-refractivity contribution in [3.05, 3.63) is 0 Å². The summed E-state index contributed by atoms with van der Waals surface area (Å²) in [6, 6.07) is 1.56. The molecule has 1 aliphatic rings. The predicted octanol–water partition coefficient (Wildman–Crippen LogP) is 2.57. The molecule has 118 valence electrons. The van der Waals surface area contributed by atoms with E-state index in [0.29, 0.717) is 12.1 Å². The summed E-state index contributed by atoms with van der Waals surface area (Å²) in [6.07, 6.45) is 4.53. The molecule has 0 spiro atoms. The molecule has 0 radical (unpaired) electrons. The summed E-state index contributed by atoms with van der Waals surface area (Å²) in [4.78, 5) is 14.7. The fraction of sp³-hybridized carbons (Fsp3) is 0.938. The maximum absolute atomic E-state index is 12.1. The summed E-state index contributed by atoms with van der Waals surface area (Å²) >= 11 is 0. The van der Waals surface area contributed by atoms with E-state index in [4.69, 9.17) is 4.74 Å². The monoisotopic (exact) mass is 284 g/mol. The Labute approximate surface area is 124 Å². The van der Waals surface area contributed by atoms with Crippen molar-refractivity contribution in [2.24, 2.45) is 0 Å². The van der Waals surface area contributed by atoms with E-state index in [1.54, 1.807) is 0 Å².